The molecule has 1 N–H and O–H groups in total. The third kappa shape index (κ3) is 4.02. The van der Waals surface area contributed by atoms with Crippen molar-refractivity contribution < 1.29 is 17.9 Å². The molecule has 1 aliphatic rings. The van der Waals surface area contributed by atoms with Crippen molar-refractivity contribution in [1.29, 1.82) is 0 Å². The Morgan fingerprint density at radius 3 is 2.62 bits per heavy atom. The van der Waals surface area contributed by atoms with Gasteiger partial charge in [-0.1, -0.05) is 34.8 Å². The zero-order valence-electron chi connectivity index (χ0n) is 18.1. The van der Waals surface area contributed by atoms with E-state index in [9.17, 15) is 13.2 Å². The van der Waals surface area contributed by atoms with E-state index in [2.05, 4.69) is 14.9 Å². The second-order valence-electron chi connectivity index (χ2n) is 7.64. The fourth-order valence-corrected chi connectivity index (χ4v) is 5.92. The summed E-state index contributed by atoms with van der Waals surface area (Å²) >= 11 is 1.26. The number of hydrogen-bond donors (Lipinski definition) is 1. The summed E-state index contributed by atoms with van der Waals surface area (Å²) < 4.78 is 37.4. The summed E-state index contributed by atoms with van der Waals surface area (Å²) in [4.78, 5) is 13.1. The molecule has 10 heteroatoms. The summed E-state index contributed by atoms with van der Waals surface area (Å²) in [7, 11) is -2.41. The Bertz CT molecular complexity index is 1450. The van der Waals surface area contributed by atoms with Crippen molar-refractivity contribution in [2.45, 2.75) is 11.3 Å². The van der Waals surface area contributed by atoms with Gasteiger partial charge >= 0.3 is 0 Å². The van der Waals surface area contributed by atoms with Crippen molar-refractivity contribution in [3.05, 3.63) is 83.2 Å². The number of anilines is 2. The molecule has 0 saturated carbocycles. The Balaban J connectivity index is 1.42. The van der Waals surface area contributed by atoms with Crippen molar-refractivity contribution in [1.82, 2.24) is 9.59 Å². The second-order valence-corrected chi connectivity index (χ2v) is 10.1. The summed E-state index contributed by atoms with van der Waals surface area (Å²) in [6.07, 6.45) is 0.645. The third-order valence-electron chi connectivity index (χ3n) is 5.65. The lowest BCUT2D eigenvalue weighted by molar-refractivity contribution is 0.102. The SMILES string of the molecule is COc1ccc(S(=O)(=O)N2CCc3ccccc32)cc1C(=O)Nc1ccc(-c2csnn2)cc1. The van der Waals surface area contributed by atoms with Crippen LogP contribution in [0.3, 0.4) is 0 Å². The first-order valence-corrected chi connectivity index (χ1v) is 12.7. The highest BCUT2D eigenvalue weighted by atomic mass is 32.2. The molecule has 0 unspecified atom stereocenters. The zero-order chi connectivity index (χ0) is 23.7. The number of hydrogen-bond acceptors (Lipinski definition) is 7. The maximum absolute atomic E-state index is 13.4. The first-order chi connectivity index (χ1) is 16.5. The highest BCUT2D eigenvalue weighted by molar-refractivity contribution is 7.92. The molecule has 34 heavy (non-hydrogen) atoms. The smallest absolute Gasteiger partial charge is 0.264 e. The largest absolute Gasteiger partial charge is 0.496 e. The maximum Gasteiger partial charge on any atom is 0.264 e. The first-order valence-electron chi connectivity index (χ1n) is 10.4. The molecule has 0 fully saturated rings. The van der Waals surface area contributed by atoms with Gasteiger partial charge in [0.2, 0.25) is 0 Å². The van der Waals surface area contributed by atoms with Gasteiger partial charge in [-0.25, -0.2) is 8.42 Å². The standard InChI is InChI=1S/C24H20N4O4S2/c1-32-23-11-10-19(34(30,31)28-13-12-17-4-2-3-5-22(17)28)14-20(23)24(29)25-18-8-6-16(7-9-18)21-15-33-27-26-21/h2-11,14-15H,12-13H2,1H3,(H,25,29). The lowest BCUT2D eigenvalue weighted by Crippen LogP contribution is -2.29. The lowest BCUT2D eigenvalue weighted by atomic mass is 10.1. The van der Waals surface area contributed by atoms with E-state index in [1.807, 2.05) is 35.7 Å². The summed E-state index contributed by atoms with van der Waals surface area (Å²) in [6, 6.07) is 18.9. The van der Waals surface area contributed by atoms with Crippen molar-refractivity contribution in [3.8, 4) is 17.0 Å². The molecule has 0 bridgehead atoms. The number of nitrogens with zero attached hydrogens (tertiary/aromatic N) is 3. The maximum atomic E-state index is 13.4. The summed E-state index contributed by atoms with van der Waals surface area (Å²) in [6.45, 7) is 0.357. The van der Waals surface area contributed by atoms with Crippen molar-refractivity contribution in [2.75, 3.05) is 23.3 Å². The molecule has 0 radical (unpaired) electrons. The number of benzene rings is 3. The summed E-state index contributed by atoms with van der Waals surface area (Å²) in [5, 5.41) is 8.68. The Morgan fingerprint density at radius 2 is 1.88 bits per heavy atom. The van der Waals surface area contributed by atoms with Crippen LogP contribution in [0.5, 0.6) is 5.75 Å². The summed E-state index contributed by atoms with van der Waals surface area (Å²) in [5.41, 5.74) is 3.97. The van der Waals surface area contributed by atoms with Crippen molar-refractivity contribution >= 4 is 38.8 Å². The molecule has 1 aromatic heterocycles. The highest BCUT2D eigenvalue weighted by Gasteiger charge is 2.31. The number of rotatable bonds is 6. The van der Waals surface area contributed by atoms with Gasteiger partial charge in [0.25, 0.3) is 15.9 Å². The molecule has 172 valence electrons. The minimum absolute atomic E-state index is 0.0292. The van der Waals surface area contributed by atoms with Crippen LogP contribution in [0.25, 0.3) is 11.3 Å². The van der Waals surface area contributed by atoms with Crippen LogP contribution >= 0.6 is 11.5 Å². The average molecular weight is 493 g/mol. The zero-order valence-corrected chi connectivity index (χ0v) is 19.8. The number of ether oxygens (including phenoxy) is 1. The van der Waals surface area contributed by atoms with E-state index in [-0.39, 0.29) is 16.2 Å². The number of nitrogens with one attached hydrogen (secondary N) is 1. The summed E-state index contributed by atoms with van der Waals surface area (Å²) in [5.74, 6) is -0.192. The molecular formula is C24H20N4O4S2. The van der Waals surface area contributed by atoms with E-state index < -0.39 is 15.9 Å². The van der Waals surface area contributed by atoms with E-state index in [0.29, 0.717) is 24.3 Å². The lowest BCUT2D eigenvalue weighted by Gasteiger charge is -2.20. The Hall–Kier alpha value is -3.76. The molecule has 5 rings (SSSR count). The third-order valence-corrected chi connectivity index (χ3v) is 7.96. The Morgan fingerprint density at radius 1 is 1.09 bits per heavy atom. The molecule has 0 atom stereocenters. The molecule has 3 aromatic carbocycles. The highest BCUT2D eigenvalue weighted by Crippen LogP contribution is 2.34. The van der Waals surface area contributed by atoms with Crippen LogP contribution in [-0.2, 0) is 16.4 Å². The van der Waals surface area contributed by atoms with E-state index >= 15 is 0 Å². The Kier molecular flexibility index (Phi) is 5.76. The normalized spacial score (nSPS) is 12.9. The number of carbonyl (C=O) groups is 1. The number of sulfonamides is 1. The predicted octanol–water partition coefficient (Wildman–Crippen LogP) is 4.22. The minimum Gasteiger partial charge on any atom is -0.496 e. The number of fused-ring (bicyclic) bond motifs is 1. The number of methoxy groups -OCH3 is 1. The van der Waals surface area contributed by atoms with E-state index in [1.165, 1.54) is 41.1 Å². The second kappa shape index (κ2) is 8.88. The van der Waals surface area contributed by atoms with Gasteiger partial charge in [-0.3, -0.25) is 9.10 Å². The molecule has 1 amide bonds. The topological polar surface area (TPSA) is 101 Å². The molecule has 0 spiro atoms. The van der Waals surface area contributed by atoms with Crippen LogP contribution in [0.4, 0.5) is 11.4 Å². The van der Waals surface area contributed by atoms with Gasteiger partial charge in [-0.2, -0.15) is 0 Å². The minimum atomic E-state index is -3.85. The quantitative estimate of drug-likeness (QED) is 0.433. The van der Waals surface area contributed by atoms with Crippen molar-refractivity contribution in [3.63, 3.8) is 0 Å². The fraction of sp³-hybridized carbons (Fsp3) is 0.125. The van der Waals surface area contributed by atoms with Gasteiger partial charge < -0.3 is 10.1 Å². The van der Waals surface area contributed by atoms with Crippen LogP contribution in [-0.4, -0.2) is 37.6 Å². The van der Waals surface area contributed by atoms with Crippen LogP contribution in [0.1, 0.15) is 15.9 Å². The van der Waals surface area contributed by atoms with E-state index in [1.54, 1.807) is 18.2 Å². The fourth-order valence-electron chi connectivity index (χ4n) is 3.92. The van der Waals surface area contributed by atoms with E-state index in [0.717, 1.165) is 16.8 Å². The number of para-hydroxylation sites is 1. The Labute approximate surface area is 201 Å². The van der Waals surface area contributed by atoms with E-state index in [4.69, 9.17) is 4.74 Å². The molecule has 8 nitrogen and oxygen atoms in total. The van der Waals surface area contributed by atoms with Gasteiger partial charge in [0.1, 0.15) is 11.4 Å². The van der Waals surface area contributed by atoms with Gasteiger partial charge in [0.05, 0.1) is 23.3 Å². The van der Waals surface area contributed by atoms with Crippen LogP contribution < -0.4 is 14.4 Å². The van der Waals surface area contributed by atoms with Gasteiger partial charge in [0.15, 0.2) is 0 Å². The number of amides is 1. The van der Waals surface area contributed by atoms with Crippen molar-refractivity contribution in [2.24, 2.45) is 0 Å². The number of carbonyl (C=O) groups excluding carboxylic acids is 1. The molecule has 0 saturated heterocycles. The molecule has 1 aliphatic heterocycles. The van der Waals surface area contributed by atoms with Gasteiger partial charge in [-0.05, 0) is 59.9 Å². The first kappa shape index (κ1) is 22.1. The van der Waals surface area contributed by atoms with Crippen LogP contribution in [0, 0.1) is 0 Å². The monoisotopic (exact) mass is 492 g/mol. The molecule has 4 aromatic rings. The average Bonchev–Trinajstić information content (AvgIpc) is 3.55. The van der Waals surface area contributed by atoms with Gasteiger partial charge in [0, 0.05) is 23.2 Å². The molecular weight excluding hydrogens is 472 g/mol. The van der Waals surface area contributed by atoms with Gasteiger partial charge in [-0.15, -0.1) is 5.10 Å². The number of aromatic nitrogens is 2. The molecule has 0 aliphatic carbocycles. The molecule has 2 heterocycles. The van der Waals surface area contributed by atoms with Crippen LogP contribution in [0.15, 0.2) is 77.0 Å². The predicted molar refractivity (Wildman–Crippen MR) is 131 cm³/mol. The van der Waals surface area contributed by atoms with Crippen LogP contribution in [0.2, 0.25) is 0 Å².